The van der Waals surface area contributed by atoms with Gasteiger partial charge in [0.1, 0.15) is 11.6 Å². The standard InChI is InChI=1S/C14H17BrN2O2/c1-14(2,3)19-13(18)17-12(9-16)8-10-4-6-11(15)7-5-10/h4-7,12H,8H2,1-3H3,(H,17,18). The number of benzene rings is 1. The number of ether oxygens (including phenoxy) is 1. The predicted molar refractivity (Wildman–Crippen MR) is 76.6 cm³/mol. The van der Waals surface area contributed by atoms with Gasteiger partial charge in [0.25, 0.3) is 0 Å². The second-order valence-corrected chi connectivity index (χ2v) is 6.07. The number of carbonyl (C=O) groups excluding carboxylic acids is 1. The molecule has 1 atom stereocenters. The van der Waals surface area contributed by atoms with Gasteiger partial charge in [0.05, 0.1) is 6.07 Å². The smallest absolute Gasteiger partial charge is 0.408 e. The minimum Gasteiger partial charge on any atom is -0.444 e. The van der Waals surface area contributed by atoms with Crippen molar-refractivity contribution >= 4 is 22.0 Å². The van der Waals surface area contributed by atoms with E-state index >= 15 is 0 Å². The van der Waals surface area contributed by atoms with E-state index in [1.54, 1.807) is 20.8 Å². The number of nitrogens with one attached hydrogen (secondary N) is 1. The summed E-state index contributed by atoms with van der Waals surface area (Å²) in [7, 11) is 0. The van der Waals surface area contributed by atoms with Crippen LogP contribution in [-0.4, -0.2) is 17.7 Å². The summed E-state index contributed by atoms with van der Waals surface area (Å²) in [5, 5.41) is 11.6. The lowest BCUT2D eigenvalue weighted by Gasteiger charge is -2.21. The van der Waals surface area contributed by atoms with Crippen LogP contribution in [0.5, 0.6) is 0 Å². The summed E-state index contributed by atoms with van der Waals surface area (Å²) >= 11 is 3.35. The van der Waals surface area contributed by atoms with E-state index in [2.05, 4.69) is 27.3 Å². The normalized spacial score (nSPS) is 12.4. The number of nitriles is 1. The van der Waals surface area contributed by atoms with Crippen LogP contribution in [0, 0.1) is 11.3 Å². The Morgan fingerprint density at radius 1 is 1.42 bits per heavy atom. The van der Waals surface area contributed by atoms with E-state index in [-0.39, 0.29) is 0 Å². The number of hydrogen-bond donors (Lipinski definition) is 1. The Morgan fingerprint density at radius 2 is 2.00 bits per heavy atom. The highest BCUT2D eigenvalue weighted by Crippen LogP contribution is 2.12. The van der Waals surface area contributed by atoms with Gasteiger partial charge in [-0.1, -0.05) is 28.1 Å². The molecule has 102 valence electrons. The molecule has 0 saturated carbocycles. The van der Waals surface area contributed by atoms with Gasteiger partial charge in [-0.15, -0.1) is 0 Å². The van der Waals surface area contributed by atoms with Gasteiger partial charge in [-0.25, -0.2) is 4.79 Å². The van der Waals surface area contributed by atoms with E-state index < -0.39 is 17.7 Å². The molecule has 1 aromatic rings. The van der Waals surface area contributed by atoms with Gasteiger partial charge in [0, 0.05) is 10.9 Å². The largest absolute Gasteiger partial charge is 0.444 e. The molecule has 4 nitrogen and oxygen atoms in total. The van der Waals surface area contributed by atoms with Crippen LogP contribution in [0.2, 0.25) is 0 Å². The van der Waals surface area contributed by atoms with Crippen LogP contribution in [0.1, 0.15) is 26.3 Å². The molecule has 1 unspecified atom stereocenters. The first kappa shape index (κ1) is 15.5. The van der Waals surface area contributed by atoms with Crippen LogP contribution in [0.3, 0.4) is 0 Å². The van der Waals surface area contributed by atoms with Crippen molar-refractivity contribution in [2.45, 2.75) is 38.8 Å². The van der Waals surface area contributed by atoms with Crippen LogP contribution < -0.4 is 5.32 Å². The zero-order chi connectivity index (χ0) is 14.5. The van der Waals surface area contributed by atoms with Crippen LogP contribution in [0.4, 0.5) is 4.79 Å². The van der Waals surface area contributed by atoms with Gasteiger partial charge in [0.2, 0.25) is 0 Å². The fourth-order valence-corrected chi connectivity index (χ4v) is 1.70. The summed E-state index contributed by atoms with van der Waals surface area (Å²) in [5.41, 5.74) is 0.410. The molecule has 1 amide bonds. The lowest BCUT2D eigenvalue weighted by atomic mass is 10.1. The molecule has 0 heterocycles. The Morgan fingerprint density at radius 3 is 2.47 bits per heavy atom. The summed E-state index contributed by atoms with van der Waals surface area (Å²) in [6.07, 6.45) is -0.126. The first-order valence-electron chi connectivity index (χ1n) is 5.94. The molecular weight excluding hydrogens is 308 g/mol. The second-order valence-electron chi connectivity index (χ2n) is 5.16. The highest BCUT2D eigenvalue weighted by molar-refractivity contribution is 9.10. The summed E-state index contributed by atoms with van der Waals surface area (Å²) in [6.45, 7) is 5.34. The Hall–Kier alpha value is -1.54. The minimum absolute atomic E-state index is 0.447. The van der Waals surface area contributed by atoms with Gasteiger partial charge in [-0.05, 0) is 38.5 Å². The van der Waals surface area contributed by atoms with Crippen molar-refractivity contribution in [2.75, 3.05) is 0 Å². The monoisotopic (exact) mass is 324 g/mol. The zero-order valence-corrected chi connectivity index (χ0v) is 12.8. The minimum atomic E-state index is -0.601. The van der Waals surface area contributed by atoms with Crippen LogP contribution in [-0.2, 0) is 11.2 Å². The molecule has 1 aromatic carbocycles. The van der Waals surface area contributed by atoms with Crippen LogP contribution in [0.15, 0.2) is 28.7 Å². The Kier molecular flexibility index (Phi) is 5.37. The van der Waals surface area contributed by atoms with Gasteiger partial charge in [-0.3, -0.25) is 0 Å². The maximum absolute atomic E-state index is 11.6. The van der Waals surface area contributed by atoms with Crippen molar-refractivity contribution in [1.29, 1.82) is 5.26 Å². The molecule has 1 N–H and O–H groups in total. The molecule has 0 bridgehead atoms. The number of halogens is 1. The molecule has 0 aromatic heterocycles. The third kappa shape index (κ3) is 6.25. The van der Waals surface area contributed by atoms with Crippen LogP contribution >= 0.6 is 15.9 Å². The van der Waals surface area contributed by atoms with E-state index in [9.17, 15) is 4.79 Å². The average molecular weight is 325 g/mol. The molecule has 0 aliphatic carbocycles. The second kappa shape index (κ2) is 6.58. The van der Waals surface area contributed by atoms with Gasteiger partial charge in [0.15, 0.2) is 0 Å². The van der Waals surface area contributed by atoms with Crippen molar-refractivity contribution in [2.24, 2.45) is 0 Å². The first-order chi connectivity index (χ1) is 8.80. The molecule has 19 heavy (non-hydrogen) atoms. The number of carbonyl (C=O) groups is 1. The zero-order valence-electron chi connectivity index (χ0n) is 11.2. The number of nitrogens with zero attached hydrogens (tertiary/aromatic N) is 1. The molecular formula is C14H17BrN2O2. The lowest BCUT2D eigenvalue weighted by molar-refractivity contribution is 0.0516. The lowest BCUT2D eigenvalue weighted by Crippen LogP contribution is -2.39. The third-order valence-electron chi connectivity index (χ3n) is 2.20. The van der Waals surface area contributed by atoms with E-state index in [1.165, 1.54) is 0 Å². The SMILES string of the molecule is CC(C)(C)OC(=O)NC(C#N)Cc1ccc(Br)cc1. The molecule has 5 heteroatoms. The summed E-state index contributed by atoms with van der Waals surface area (Å²) in [6, 6.07) is 9.07. The fourth-order valence-electron chi connectivity index (χ4n) is 1.43. The maximum atomic E-state index is 11.6. The van der Waals surface area contributed by atoms with Gasteiger partial charge in [-0.2, -0.15) is 5.26 Å². The summed E-state index contributed by atoms with van der Waals surface area (Å²) in [4.78, 5) is 11.6. The van der Waals surface area contributed by atoms with Gasteiger partial charge >= 0.3 is 6.09 Å². The topological polar surface area (TPSA) is 62.1 Å². The number of rotatable bonds is 3. The third-order valence-corrected chi connectivity index (χ3v) is 2.73. The van der Waals surface area contributed by atoms with Crippen LogP contribution in [0.25, 0.3) is 0 Å². The van der Waals surface area contributed by atoms with E-state index in [4.69, 9.17) is 10.00 Å². The van der Waals surface area contributed by atoms with Crippen molar-refractivity contribution in [3.8, 4) is 6.07 Å². The quantitative estimate of drug-likeness (QED) is 0.926. The predicted octanol–water partition coefficient (Wildman–Crippen LogP) is 3.41. The van der Waals surface area contributed by atoms with Crippen molar-refractivity contribution in [1.82, 2.24) is 5.32 Å². The summed E-state index contributed by atoms with van der Waals surface area (Å²) in [5.74, 6) is 0. The van der Waals surface area contributed by atoms with E-state index in [0.717, 1.165) is 10.0 Å². The molecule has 0 fully saturated rings. The Bertz CT molecular complexity index is 472. The Labute approximate surface area is 121 Å². The summed E-state index contributed by atoms with van der Waals surface area (Å²) < 4.78 is 6.09. The number of alkyl carbamates (subject to hydrolysis) is 1. The molecule has 0 aliphatic rings. The fraction of sp³-hybridized carbons (Fsp3) is 0.429. The van der Waals surface area contributed by atoms with Crippen molar-refractivity contribution in [3.63, 3.8) is 0 Å². The molecule has 0 aliphatic heterocycles. The molecule has 0 spiro atoms. The van der Waals surface area contributed by atoms with Crippen molar-refractivity contribution in [3.05, 3.63) is 34.3 Å². The highest BCUT2D eigenvalue weighted by Gasteiger charge is 2.19. The highest BCUT2D eigenvalue weighted by atomic mass is 79.9. The molecule has 0 saturated heterocycles. The van der Waals surface area contributed by atoms with Crippen molar-refractivity contribution < 1.29 is 9.53 Å². The number of amides is 1. The van der Waals surface area contributed by atoms with E-state index in [1.807, 2.05) is 24.3 Å². The van der Waals surface area contributed by atoms with E-state index in [0.29, 0.717) is 6.42 Å². The van der Waals surface area contributed by atoms with Gasteiger partial charge < -0.3 is 10.1 Å². The molecule has 0 radical (unpaired) electrons. The number of hydrogen-bond acceptors (Lipinski definition) is 3. The Balaban J connectivity index is 2.57. The maximum Gasteiger partial charge on any atom is 0.408 e. The average Bonchev–Trinajstić information content (AvgIpc) is 2.28. The molecule has 1 rings (SSSR count). The first-order valence-corrected chi connectivity index (χ1v) is 6.73.